The van der Waals surface area contributed by atoms with Gasteiger partial charge >= 0.3 is 5.97 Å². The molecule has 4 nitrogen and oxygen atoms in total. The molecule has 0 unspecified atom stereocenters. The molecule has 0 amide bonds. The quantitative estimate of drug-likeness (QED) is 0.879. The highest BCUT2D eigenvalue weighted by atomic mass is 35.5. The largest absolute Gasteiger partial charge is 0.478 e. The number of carboxylic acid groups (broad SMARTS) is 1. The van der Waals surface area contributed by atoms with Gasteiger partial charge in [0, 0.05) is 11.6 Å². The second-order valence-corrected chi connectivity index (χ2v) is 4.96. The minimum Gasteiger partial charge on any atom is -0.478 e. The van der Waals surface area contributed by atoms with Gasteiger partial charge in [-0.15, -0.1) is 0 Å². The molecule has 2 aromatic rings. The van der Waals surface area contributed by atoms with E-state index in [1.54, 1.807) is 11.6 Å². The normalized spacial score (nSPS) is 11.2. The highest BCUT2D eigenvalue weighted by Crippen LogP contribution is 2.22. The average molecular weight is 291 g/mol. The van der Waals surface area contributed by atoms with Crippen LogP contribution in [-0.2, 0) is 11.3 Å². The zero-order chi connectivity index (χ0) is 14.7. The van der Waals surface area contributed by atoms with Crippen LogP contribution in [0.25, 0.3) is 6.08 Å². The molecule has 0 atom stereocenters. The topological polar surface area (TPSA) is 55.1 Å². The molecule has 0 fully saturated rings. The Morgan fingerprint density at radius 2 is 2.00 bits per heavy atom. The van der Waals surface area contributed by atoms with E-state index in [1.165, 1.54) is 11.6 Å². The number of aliphatic carboxylic acids is 1. The Morgan fingerprint density at radius 1 is 1.35 bits per heavy atom. The summed E-state index contributed by atoms with van der Waals surface area (Å²) >= 11 is 6.25. The molecule has 0 aliphatic rings. The SMILES string of the molecule is Cc1ccc(Cn2nc(C)c(/C=C/C(=O)O)c2Cl)cc1. The molecule has 2 rings (SSSR count). The number of nitrogens with zero attached hydrogens (tertiary/aromatic N) is 2. The maximum absolute atomic E-state index is 10.6. The van der Waals surface area contributed by atoms with Gasteiger partial charge in [-0.2, -0.15) is 5.10 Å². The molecule has 20 heavy (non-hydrogen) atoms. The molecule has 0 saturated carbocycles. The third-order valence-electron chi connectivity index (χ3n) is 2.95. The van der Waals surface area contributed by atoms with Gasteiger partial charge in [0.25, 0.3) is 0 Å². The predicted molar refractivity (Wildman–Crippen MR) is 78.9 cm³/mol. The van der Waals surface area contributed by atoms with Gasteiger partial charge in [0.2, 0.25) is 0 Å². The first-order valence-corrected chi connectivity index (χ1v) is 6.54. The molecule has 1 N–H and O–H groups in total. The number of halogens is 1. The van der Waals surface area contributed by atoms with E-state index >= 15 is 0 Å². The maximum atomic E-state index is 10.6. The summed E-state index contributed by atoms with van der Waals surface area (Å²) in [6.07, 6.45) is 2.53. The third kappa shape index (κ3) is 3.27. The Labute approximate surface area is 122 Å². The lowest BCUT2D eigenvalue weighted by atomic mass is 10.1. The van der Waals surface area contributed by atoms with Crippen molar-refractivity contribution < 1.29 is 9.90 Å². The minimum atomic E-state index is -1.01. The Hall–Kier alpha value is -2.07. The number of benzene rings is 1. The van der Waals surface area contributed by atoms with Gasteiger partial charge in [-0.25, -0.2) is 9.48 Å². The van der Waals surface area contributed by atoms with E-state index in [-0.39, 0.29) is 0 Å². The lowest BCUT2D eigenvalue weighted by Gasteiger charge is -2.04. The lowest BCUT2D eigenvalue weighted by Crippen LogP contribution is -2.02. The Bertz CT molecular complexity index is 657. The first-order chi connectivity index (χ1) is 9.47. The molecule has 5 heteroatoms. The molecule has 0 aliphatic carbocycles. The van der Waals surface area contributed by atoms with E-state index in [0.717, 1.165) is 11.6 Å². The molecular formula is C15H15ClN2O2. The number of carboxylic acids is 1. The minimum absolute atomic E-state index is 0.445. The molecule has 0 aliphatic heterocycles. The summed E-state index contributed by atoms with van der Waals surface area (Å²) < 4.78 is 1.67. The first kappa shape index (κ1) is 14.3. The van der Waals surface area contributed by atoms with Crippen LogP contribution in [-0.4, -0.2) is 20.9 Å². The van der Waals surface area contributed by atoms with Gasteiger partial charge < -0.3 is 5.11 Å². The Kier molecular flexibility index (Phi) is 4.25. The van der Waals surface area contributed by atoms with E-state index < -0.39 is 5.97 Å². The van der Waals surface area contributed by atoms with Crippen molar-refractivity contribution in [3.05, 3.63) is 57.9 Å². The molecule has 0 bridgehead atoms. The zero-order valence-corrected chi connectivity index (χ0v) is 12.1. The van der Waals surface area contributed by atoms with Gasteiger partial charge in [-0.05, 0) is 25.5 Å². The highest BCUT2D eigenvalue weighted by Gasteiger charge is 2.11. The fourth-order valence-corrected chi connectivity index (χ4v) is 2.18. The van der Waals surface area contributed by atoms with Crippen LogP contribution in [0, 0.1) is 13.8 Å². The second-order valence-electron chi connectivity index (χ2n) is 4.60. The van der Waals surface area contributed by atoms with Crippen molar-refractivity contribution in [3.63, 3.8) is 0 Å². The van der Waals surface area contributed by atoms with Crippen molar-refractivity contribution >= 4 is 23.6 Å². The van der Waals surface area contributed by atoms with Crippen molar-refractivity contribution in [1.29, 1.82) is 0 Å². The van der Waals surface area contributed by atoms with E-state index in [1.807, 2.05) is 31.2 Å². The van der Waals surface area contributed by atoms with Crippen molar-refractivity contribution in [2.24, 2.45) is 0 Å². The van der Waals surface area contributed by atoms with Crippen LogP contribution >= 0.6 is 11.6 Å². The van der Waals surface area contributed by atoms with Gasteiger partial charge in [0.1, 0.15) is 5.15 Å². The van der Waals surface area contributed by atoms with Gasteiger partial charge in [0.05, 0.1) is 12.2 Å². The average Bonchev–Trinajstić information content (AvgIpc) is 2.65. The maximum Gasteiger partial charge on any atom is 0.328 e. The highest BCUT2D eigenvalue weighted by molar-refractivity contribution is 6.31. The standard InChI is InChI=1S/C15H15ClN2O2/c1-10-3-5-12(6-4-10)9-18-15(16)13(11(2)17-18)7-8-14(19)20/h3-8H,9H2,1-2H3,(H,19,20)/b8-7+. The summed E-state index contributed by atoms with van der Waals surface area (Å²) in [5.74, 6) is -1.01. The van der Waals surface area contributed by atoms with E-state index in [9.17, 15) is 4.79 Å². The summed E-state index contributed by atoms with van der Waals surface area (Å²) in [5.41, 5.74) is 3.64. The fraction of sp³-hybridized carbons (Fsp3) is 0.200. The molecule has 0 saturated heterocycles. The van der Waals surface area contributed by atoms with Crippen LogP contribution in [0.1, 0.15) is 22.4 Å². The van der Waals surface area contributed by atoms with Crippen LogP contribution in [0.5, 0.6) is 0 Å². The summed E-state index contributed by atoms with van der Waals surface area (Å²) in [4.78, 5) is 10.6. The van der Waals surface area contributed by atoms with E-state index in [2.05, 4.69) is 5.10 Å². The number of aromatic nitrogens is 2. The molecule has 1 aromatic heterocycles. The predicted octanol–water partition coefficient (Wildman–Crippen LogP) is 3.30. The van der Waals surface area contributed by atoms with Crippen LogP contribution < -0.4 is 0 Å². The number of hydrogen-bond acceptors (Lipinski definition) is 2. The lowest BCUT2D eigenvalue weighted by molar-refractivity contribution is -0.131. The Morgan fingerprint density at radius 3 is 2.60 bits per heavy atom. The van der Waals surface area contributed by atoms with Crippen molar-refractivity contribution in [2.45, 2.75) is 20.4 Å². The molecule has 0 spiro atoms. The van der Waals surface area contributed by atoms with Crippen LogP contribution in [0.2, 0.25) is 5.15 Å². The van der Waals surface area contributed by atoms with Crippen LogP contribution in [0.4, 0.5) is 0 Å². The van der Waals surface area contributed by atoms with Crippen LogP contribution in [0.3, 0.4) is 0 Å². The Balaban J connectivity index is 2.27. The van der Waals surface area contributed by atoms with E-state index in [0.29, 0.717) is 23.0 Å². The molecule has 104 valence electrons. The van der Waals surface area contributed by atoms with Crippen molar-refractivity contribution in [1.82, 2.24) is 9.78 Å². The number of aryl methyl sites for hydroxylation is 2. The first-order valence-electron chi connectivity index (χ1n) is 6.17. The molecular weight excluding hydrogens is 276 g/mol. The van der Waals surface area contributed by atoms with Gasteiger partial charge in [0.15, 0.2) is 0 Å². The van der Waals surface area contributed by atoms with Crippen molar-refractivity contribution in [2.75, 3.05) is 0 Å². The second kappa shape index (κ2) is 5.92. The smallest absolute Gasteiger partial charge is 0.328 e. The van der Waals surface area contributed by atoms with Gasteiger partial charge in [-0.3, -0.25) is 0 Å². The van der Waals surface area contributed by atoms with Crippen molar-refractivity contribution in [3.8, 4) is 0 Å². The number of hydrogen-bond donors (Lipinski definition) is 1. The summed E-state index contributed by atoms with van der Waals surface area (Å²) in [5, 5.41) is 13.5. The molecule has 1 aromatic carbocycles. The van der Waals surface area contributed by atoms with Crippen LogP contribution in [0.15, 0.2) is 30.3 Å². The summed E-state index contributed by atoms with van der Waals surface area (Å²) in [7, 11) is 0. The molecule has 1 heterocycles. The summed E-state index contributed by atoms with van der Waals surface area (Å²) in [6.45, 7) is 4.39. The summed E-state index contributed by atoms with van der Waals surface area (Å²) in [6, 6.07) is 8.11. The zero-order valence-electron chi connectivity index (χ0n) is 11.3. The third-order valence-corrected chi connectivity index (χ3v) is 3.35. The van der Waals surface area contributed by atoms with E-state index in [4.69, 9.17) is 16.7 Å². The van der Waals surface area contributed by atoms with Gasteiger partial charge in [-0.1, -0.05) is 41.4 Å². The number of carbonyl (C=O) groups is 1. The number of rotatable bonds is 4. The fourth-order valence-electron chi connectivity index (χ4n) is 1.88. The molecule has 0 radical (unpaired) electrons. The monoisotopic (exact) mass is 290 g/mol.